The first-order valence-corrected chi connectivity index (χ1v) is 7.77. The lowest BCUT2D eigenvalue weighted by molar-refractivity contribution is -0.133. The van der Waals surface area contributed by atoms with Crippen molar-refractivity contribution >= 4 is 17.7 Å². The largest absolute Gasteiger partial charge is 0.481 e. The third-order valence-electron chi connectivity index (χ3n) is 3.32. The normalized spacial score (nSPS) is 14.3. The molecule has 2 aromatic rings. The number of aromatic nitrogens is 2. The zero-order valence-electron chi connectivity index (χ0n) is 11.3. The van der Waals surface area contributed by atoms with Gasteiger partial charge in [-0.05, 0) is 36.6 Å². The van der Waals surface area contributed by atoms with Gasteiger partial charge in [0.25, 0.3) is 0 Å². The Kier molecular flexibility index (Phi) is 3.96. The van der Waals surface area contributed by atoms with Gasteiger partial charge in [-0.3, -0.25) is 9.48 Å². The Morgan fingerprint density at radius 3 is 2.90 bits per heavy atom. The van der Waals surface area contributed by atoms with Crippen molar-refractivity contribution in [2.24, 2.45) is 0 Å². The summed E-state index contributed by atoms with van der Waals surface area (Å²) in [5.74, 6) is -0.630. The number of hydrogen-bond donors (Lipinski definition) is 1. The Labute approximate surface area is 126 Å². The van der Waals surface area contributed by atoms with Crippen molar-refractivity contribution in [1.29, 1.82) is 0 Å². The first-order chi connectivity index (χ1) is 10.1. The number of benzene rings is 1. The Morgan fingerprint density at radius 1 is 1.43 bits per heavy atom. The maximum absolute atomic E-state index is 13.3. The Hall–Kier alpha value is -1.82. The molecule has 0 aliphatic heterocycles. The summed E-state index contributed by atoms with van der Waals surface area (Å²) < 4.78 is 15.0. The van der Waals surface area contributed by atoms with Crippen molar-refractivity contribution in [3.63, 3.8) is 0 Å². The summed E-state index contributed by atoms with van der Waals surface area (Å²) in [7, 11) is 0. The summed E-state index contributed by atoms with van der Waals surface area (Å²) in [6.45, 7) is 0.451. The van der Waals surface area contributed by atoms with Crippen LogP contribution in [0.5, 0.6) is 0 Å². The molecule has 1 aliphatic rings. The zero-order chi connectivity index (χ0) is 14.8. The Balaban J connectivity index is 1.82. The monoisotopic (exact) mass is 306 g/mol. The van der Waals surface area contributed by atoms with E-state index in [-0.39, 0.29) is 11.6 Å². The highest BCUT2D eigenvalue weighted by Crippen LogP contribution is 2.40. The van der Waals surface area contributed by atoms with Crippen molar-refractivity contribution < 1.29 is 14.3 Å². The van der Waals surface area contributed by atoms with Crippen molar-refractivity contribution in [3.8, 4) is 0 Å². The highest BCUT2D eigenvalue weighted by atomic mass is 32.2. The molecule has 0 radical (unpaired) electrons. The van der Waals surface area contributed by atoms with Crippen molar-refractivity contribution in [2.75, 3.05) is 5.75 Å². The quantitative estimate of drug-likeness (QED) is 0.833. The average molecular weight is 306 g/mol. The van der Waals surface area contributed by atoms with Gasteiger partial charge in [0.1, 0.15) is 5.82 Å². The van der Waals surface area contributed by atoms with E-state index in [9.17, 15) is 9.18 Å². The second-order valence-corrected chi connectivity index (χ2v) is 6.15. The fourth-order valence-corrected chi connectivity index (χ4v) is 2.90. The lowest BCUT2D eigenvalue weighted by Gasteiger charge is -2.06. The van der Waals surface area contributed by atoms with E-state index in [4.69, 9.17) is 5.11 Å². The van der Waals surface area contributed by atoms with Crippen molar-refractivity contribution in [2.45, 2.75) is 30.3 Å². The molecule has 1 saturated carbocycles. The van der Waals surface area contributed by atoms with Crippen molar-refractivity contribution in [1.82, 2.24) is 9.78 Å². The van der Waals surface area contributed by atoms with Gasteiger partial charge < -0.3 is 5.11 Å². The van der Waals surface area contributed by atoms with Crippen LogP contribution in [-0.2, 0) is 11.3 Å². The lowest BCUT2D eigenvalue weighted by Crippen LogP contribution is -2.06. The maximum Gasteiger partial charge on any atom is 0.313 e. The molecule has 21 heavy (non-hydrogen) atoms. The van der Waals surface area contributed by atoms with Gasteiger partial charge in [-0.15, -0.1) is 0 Å². The van der Waals surface area contributed by atoms with Crippen LogP contribution >= 0.6 is 11.8 Å². The van der Waals surface area contributed by atoms with E-state index < -0.39 is 5.97 Å². The molecule has 0 bridgehead atoms. The molecular weight excluding hydrogens is 291 g/mol. The minimum atomic E-state index is -0.855. The fraction of sp³-hybridized carbons (Fsp3) is 0.333. The van der Waals surface area contributed by atoms with E-state index in [0.717, 1.165) is 29.1 Å². The van der Waals surface area contributed by atoms with E-state index in [1.807, 2.05) is 12.1 Å². The molecule has 0 unspecified atom stereocenters. The molecule has 1 fully saturated rings. The van der Waals surface area contributed by atoms with Crippen LogP contribution in [0.4, 0.5) is 4.39 Å². The van der Waals surface area contributed by atoms with Crippen LogP contribution in [0.15, 0.2) is 35.4 Å². The minimum Gasteiger partial charge on any atom is -0.481 e. The van der Waals surface area contributed by atoms with E-state index in [1.165, 1.54) is 23.9 Å². The second-order valence-electron chi connectivity index (χ2n) is 5.15. The number of rotatable bonds is 6. The summed E-state index contributed by atoms with van der Waals surface area (Å²) in [6.07, 6.45) is 2.28. The molecule has 1 aromatic heterocycles. The van der Waals surface area contributed by atoms with Crippen LogP contribution in [0.1, 0.15) is 30.0 Å². The van der Waals surface area contributed by atoms with Gasteiger partial charge in [-0.2, -0.15) is 5.10 Å². The predicted molar refractivity (Wildman–Crippen MR) is 78.1 cm³/mol. The summed E-state index contributed by atoms with van der Waals surface area (Å²) in [5.41, 5.74) is 1.83. The molecule has 0 atom stereocenters. The molecule has 1 aliphatic carbocycles. The van der Waals surface area contributed by atoms with E-state index in [1.54, 1.807) is 10.7 Å². The van der Waals surface area contributed by atoms with E-state index >= 15 is 0 Å². The smallest absolute Gasteiger partial charge is 0.313 e. The van der Waals surface area contributed by atoms with Gasteiger partial charge in [0.05, 0.1) is 23.0 Å². The number of carboxylic acid groups (broad SMARTS) is 1. The molecule has 1 N–H and O–H groups in total. The molecule has 1 aromatic carbocycles. The first kappa shape index (κ1) is 14.1. The molecule has 0 amide bonds. The third kappa shape index (κ3) is 3.64. The number of nitrogens with zero attached hydrogens (tertiary/aromatic N) is 2. The lowest BCUT2D eigenvalue weighted by atomic mass is 10.2. The van der Waals surface area contributed by atoms with Crippen LogP contribution in [0, 0.1) is 5.82 Å². The molecular formula is C15H15FN2O2S. The number of aliphatic carboxylic acids is 1. The summed E-state index contributed by atoms with van der Waals surface area (Å²) in [4.78, 5) is 10.7. The molecule has 110 valence electrons. The second kappa shape index (κ2) is 5.89. The highest BCUT2D eigenvalue weighted by molar-refractivity contribution is 7.99. The molecule has 6 heteroatoms. The van der Waals surface area contributed by atoms with Gasteiger partial charge in [0, 0.05) is 5.92 Å². The van der Waals surface area contributed by atoms with Crippen LogP contribution < -0.4 is 0 Å². The van der Waals surface area contributed by atoms with Crippen LogP contribution in [0.3, 0.4) is 0 Å². The van der Waals surface area contributed by atoms with Gasteiger partial charge >= 0.3 is 5.97 Å². The number of carboxylic acids is 1. The van der Waals surface area contributed by atoms with Gasteiger partial charge in [0.15, 0.2) is 0 Å². The minimum absolute atomic E-state index is 0.00104. The third-order valence-corrected chi connectivity index (χ3v) is 4.34. The molecule has 1 heterocycles. The highest BCUT2D eigenvalue weighted by Gasteiger charge is 2.27. The van der Waals surface area contributed by atoms with Crippen LogP contribution in [-0.4, -0.2) is 26.6 Å². The average Bonchev–Trinajstić information content (AvgIpc) is 3.20. The number of halogens is 1. The molecule has 3 rings (SSSR count). The first-order valence-electron chi connectivity index (χ1n) is 6.78. The summed E-state index contributed by atoms with van der Waals surface area (Å²) in [6, 6.07) is 8.35. The fourth-order valence-electron chi connectivity index (χ4n) is 2.17. The Bertz CT molecular complexity index is 667. The Morgan fingerprint density at radius 2 is 2.24 bits per heavy atom. The molecule has 0 spiro atoms. The number of thioether (sulfide) groups is 1. The van der Waals surface area contributed by atoms with Gasteiger partial charge in [0.2, 0.25) is 0 Å². The van der Waals surface area contributed by atoms with Gasteiger partial charge in [-0.25, -0.2) is 4.39 Å². The SMILES string of the molecule is O=C(O)CSc1cc(C2CC2)nn1Cc1cccc(F)c1. The summed E-state index contributed by atoms with van der Waals surface area (Å²) >= 11 is 1.25. The zero-order valence-corrected chi connectivity index (χ0v) is 12.1. The standard InChI is InChI=1S/C15H15FN2O2S/c16-12-3-1-2-10(6-12)8-18-14(21-9-15(19)20)7-13(17-18)11-4-5-11/h1-3,6-7,11H,4-5,8-9H2,(H,19,20). The van der Waals surface area contributed by atoms with E-state index in [0.29, 0.717) is 12.5 Å². The number of carbonyl (C=O) groups is 1. The predicted octanol–water partition coefficient (Wildman–Crippen LogP) is 3.12. The molecule has 0 saturated heterocycles. The maximum atomic E-state index is 13.3. The topological polar surface area (TPSA) is 55.1 Å². The summed E-state index contributed by atoms with van der Waals surface area (Å²) in [5, 5.41) is 14.2. The van der Waals surface area contributed by atoms with Crippen LogP contribution in [0.2, 0.25) is 0 Å². The van der Waals surface area contributed by atoms with Gasteiger partial charge in [-0.1, -0.05) is 23.9 Å². The van der Waals surface area contributed by atoms with E-state index in [2.05, 4.69) is 5.10 Å². The van der Waals surface area contributed by atoms with Crippen LogP contribution in [0.25, 0.3) is 0 Å². The van der Waals surface area contributed by atoms with Crippen molar-refractivity contribution in [3.05, 3.63) is 47.4 Å². The number of hydrogen-bond acceptors (Lipinski definition) is 3. The molecule has 4 nitrogen and oxygen atoms in total.